The number of hydrogen-bond acceptors (Lipinski definition) is 4. The second-order valence-electron chi connectivity index (χ2n) is 9.17. The van der Waals surface area contributed by atoms with E-state index < -0.39 is 10.0 Å². The van der Waals surface area contributed by atoms with Gasteiger partial charge < -0.3 is 5.32 Å². The second kappa shape index (κ2) is 11.4. The largest absolute Gasteiger partial charge is 0.352 e. The van der Waals surface area contributed by atoms with Crippen molar-refractivity contribution in [1.29, 1.82) is 0 Å². The summed E-state index contributed by atoms with van der Waals surface area (Å²) in [5.74, 6) is -0.762. The molecule has 2 aliphatic heterocycles. The summed E-state index contributed by atoms with van der Waals surface area (Å²) in [6, 6.07) is 13.3. The highest BCUT2D eigenvalue weighted by atomic mass is 35.5. The van der Waals surface area contributed by atoms with E-state index in [4.69, 9.17) is 23.2 Å². The third-order valence-corrected chi connectivity index (χ3v) is 9.08. The zero-order chi connectivity index (χ0) is 24.1. The fraction of sp³-hybridized carbons (Fsp3) is 0.480. The van der Waals surface area contributed by atoms with E-state index in [9.17, 15) is 13.2 Å². The monoisotopic (exact) mass is 523 g/mol. The van der Waals surface area contributed by atoms with E-state index in [0.717, 1.165) is 25.2 Å². The Hall–Kier alpha value is -1.64. The Balaban J connectivity index is 1.33. The lowest BCUT2D eigenvalue weighted by atomic mass is 9.98. The van der Waals surface area contributed by atoms with Crippen molar-refractivity contribution in [3.8, 4) is 0 Å². The normalized spacial score (nSPS) is 19.9. The molecular weight excluding hydrogens is 493 g/mol. The van der Waals surface area contributed by atoms with Gasteiger partial charge in [0.1, 0.15) is 0 Å². The molecule has 1 atom stereocenters. The van der Waals surface area contributed by atoms with Gasteiger partial charge in [0.15, 0.2) is 0 Å². The van der Waals surface area contributed by atoms with Gasteiger partial charge in [-0.15, -0.1) is 0 Å². The van der Waals surface area contributed by atoms with Crippen molar-refractivity contribution in [2.45, 2.75) is 44.5 Å². The van der Waals surface area contributed by atoms with Gasteiger partial charge in [0, 0.05) is 41.8 Å². The number of nitrogens with one attached hydrogen (secondary N) is 1. The van der Waals surface area contributed by atoms with Crippen molar-refractivity contribution >= 4 is 39.1 Å². The molecule has 0 aromatic heterocycles. The van der Waals surface area contributed by atoms with Crippen molar-refractivity contribution in [1.82, 2.24) is 14.5 Å². The van der Waals surface area contributed by atoms with Crippen LogP contribution in [-0.4, -0.2) is 49.7 Å². The molecule has 2 aromatic carbocycles. The van der Waals surface area contributed by atoms with Crippen LogP contribution in [0, 0.1) is 5.92 Å². The Morgan fingerprint density at radius 1 is 0.971 bits per heavy atom. The Labute approximate surface area is 212 Å². The molecular formula is C25H31Cl2N3O3S. The summed E-state index contributed by atoms with van der Waals surface area (Å²) in [4.78, 5) is 15.3. The molecule has 0 aliphatic carbocycles. The van der Waals surface area contributed by atoms with E-state index in [0.29, 0.717) is 41.5 Å². The molecule has 2 saturated heterocycles. The second-order valence-corrected chi connectivity index (χ2v) is 12.0. The van der Waals surface area contributed by atoms with E-state index in [1.807, 2.05) is 12.1 Å². The van der Waals surface area contributed by atoms with E-state index in [2.05, 4.69) is 22.3 Å². The van der Waals surface area contributed by atoms with Crippen LogP contribution in [0.4, 0.5) is 0 Å². The summed E-state index contributed by atoms with van der Waals surface area (Å²) in [6.07, 6.45) is 3.82. The van der Waals surface area contributed by atoms with Gasteiger partial charge in [0.2, 0.25) is 15.9 Å². The van der Waals surface area contributed by atoms with Crippen molar-refractivity contribution in [3.05, 3.63) is 69.2 Å². The van der Waals surface area contributed by atoms with Crippen molar-refractivity contribution in [2.24, 2.45) is 5.92 Å². The zero-order valence-corrected chi connectivity index (χ0v) is 21.5. The van der Waals surface area contributed by atoms with Gasteiger partial charge in [0.05, 0.1) is 11.7 Å². The fourth-order valence-electron chi connectivity index (χ4n) is 4.72. The summed E-state index contributed by atoms with van der Waals surface area (Å²) >= 11 is 12.4. The molecule has 6 nitrogen and oxygen atoms in total. The molecule has 9 heteroatoms. The number of nitrogens with zero attached hydrogens (tertiary/aromatic N) is 2. The highest BCUT2D eigenvalue weighted by molar-refractivity contribution is 7.88. The molecule has 2 aromatic rings. The number of likely N-dealkylation sites (tertiary alicyclic amines) is 1. The molecule has 2 heterocycles. The number of benzene rings is 2. The van der Waals surface area contributed by atoms with Gasteiger partial charge in [-0.25, -0.2) is 12.7 Å². The van der Waals surface area contributed by atoms with Gasteiger partial charge in [-0.05, 0) is 62.0 Å². The number of carbonyl (C=O) groups is 1. The van der Waals surface area contributed by atoms with E-state index in [1.165, 1.54) is 22.7 Å². The average Bonchev–Trinajstić information content (AvgIpc) is 3.33. The topological polar surface area (TPSA) is 69.7 Å². The van der Waals surface area contributed by atoms with Crippen LogP contribution in [0.5, 0.6) is 0 Å². The predicted octanol–water partition coefficient (Wildman–Crippen LogP) is 4.45. The zero-order valence-electron chi connectivity index (χ0n) is 19.2. The molecule has 0 saturated carbocycles. The lowest BCUT2D eigenvalue weighted by Crippen LogP contribution is -2.45. The lowest BCUT2D eigenvalue weighted by Gasteiger charge is -2.31. The van der Waals surface area contributed by atoms with Crippen molar-refractivity contribution in [3.63, 3.8) is 0 Å². The molecule has 1 amide bonds. The molecule has 34 heavy (non-hydrogen) atoms. The Morgan fingerprint density at radius 2 is 1.65 bits per heavy atom. The summed E-state index contributed by atoms with van der Waals surface area (Å²) in [7, 11) is -3.65. The molecule has 0 spiro atoms. The van der Waals surface area contributed by atoms with Gasteiger partial charge >= 0.3 is 0 Å². The number of carbonyl (C=O) groups excluding carboxylic acids is 1. The van der Waals surface area contributed by atoms with Crippen molar-refractivity contribution in [2.75, 3.05) is 26.2 Å². The van der Waals surface area contributed by atoms with E-state index in [-0.39, 0.29) is 24.1 Å². The maximum Gasteiger partial charge on any atom is 0.224 e. The molecule has 2 fully saturated rings. The van der Waals surface area contributed by atoms with Crippen LogP contribution in [0.3, 0.4) is 0 Å². The number of piperidine rings is 1. The molecule has 184 valence electrons. The number of halogens is 2. The van der Waals surface area contributed by atoms with Crippen LogP contribution in [0.1, 0.15) is 42.4 Å². The van der Waals surface area contributed by atoms with Crippen LogP contribution in [0.2, 0.25) is 10.0 Å². The first-order chi connectivity index (χ1) is 16.3. The number of amides is 1. The van der Waals surface area contributed by atoms with Crippen LogP contribution in [0.25, 0.3) is 0 Å². The van der Waals surface area contributed by atoms with Gasteiger partial charge in [0.25, 0.3) is 0 Å². The molecule has 0 radical (unpaired) electrons. The number of sulfonamides is 1. The van der Waals surface area contributed by atoms with E-state index in [1.54, 1.807) is 18.2 Å². The minimum atomic E-state index is -3.65. The summed E-state index contributed by atoms with van der Waals surface area (Å²) in [5.41, 5.74) is 2.70. The van der Waals surface area contributed by atoms with Gasteiger partial charge in [-0.2, -0.15) is 0 Å². The number of rotatable bonds is 8. The quantitative estimate of drug-likeness (QED) is 0.554. The fourth-order valence-corrected chi connectivity index (χ4v) is 7.09. The summed E-state index contributed by atoms with van der Waals surface area (Å²) in [5, 5.41) is 3.67. The first-order valence-corrected chi connectivity index (χ1v) is 14.2. The smallest absolute Gasteiger partial charge is 0.224 e. The minimum absolute atomic E-state index is 0.111. The summed E-state index contributed by atoms with van der Waals surface area (Å²) in [6.45, 7) is 4.23. The first kappa shape index (κ1) is 25.5. The maximum absolute atomic E-state index is 13.1. The SMILES string of the molecule is O=C(NCc1cccc(CN2CCCC2)c1)[C@@H]1CCCN(S(=O)(=O)Cc2c(Cl)cccc2Cl)C1. The summed E-state index contributed by atoms with van der Waals surface area (Å²) < 4.78 is 27.5. The highest BCUT2D eigenvalue weighted by Gasteiger charge is 2.33. The predicted molar refractivity (Wildman–Crippen MR) is 136 cm³/mol. The Morgan fingerprint density at radius 3 is 2.38 bits per heavy atom. The van der Waals surface area contributed by atoms with Crippen LogP contribution < -0.4 is 5.32 Å². The highest BCUT2D eigenvalue weighted by Crippen LogP contribution is 2.29. The number of hydrogen-bond donors (Lipinski definition) is 1. The first-order valence-electron chi connectivity index (χ1n) is 11.8. The molecule has 0 bridgehead atoms. The van der Waals surface area contributed by atoms with Crippen molar-refractivity contribution < 1.29 is 13.2 Å². The minimum Gasteiger partial charge on any atom is -0.352 e. The van der Waals surface area contributed by atoms with Gasteiger partial charge in [-0.1, -0.05) is 53.5 Å². The molecule has 0 unspecified atom stereocenters. The van der Waals surface area contributed by atoms with Crippen LogP contribution in [0.15, 0.2) is 42.5 Å². The van der Waals surface area contributed by atoms with Gasteiger partial charge in [-0.3, -0.25) is 9.69 Å². The Bertz CT molecular complexity index is 1100. The molecule has 2 aliphatic rings. The molecule has 1 N–H and O–H groups in total. The lowest BCUT2D eigenvalue weighted by molar-refractivity contribution is -0.126. The standard InChI is InChI=1S/C25H31Cl2N3O3S/c26-23-9-4-10-24(27)22(23)18-34(32,33)30-13-5-8-21(17-30)25(31)28-15-19-6-3-7-20(14-19)16-29-11-1-2-12-29/h3-4,6-7,9-10,14,21H,1-2,5,8,11-13,15-18H2,(H,28,31)/t21-/m1/s1. The third-order valence-electron chi connectivity index (χ3n) is 6.60. The van der Waals surface area contributed by atoms with E-state index >= 15 is 0 Å². The van der Waals surface area contributed by atoms with Crippen LogP contribution >= 0.6 is 23.2 Å². The maximum atomic E-state index is 13.1. The van der Waals surface area contributed by atoms with Crippen LogP contribution in [-0.2, 0) is 33.7 Å². The molecule has 4 rings (SSSR count). The Kier molecular flexibility index (Phi) is 8.53. The average molecular weight is 525 g/mol. The third kappa shape index (κ3) is 6.52.